The van der Waals surface area contributed by atoms with Gasteiger partial charge in [0.25, 0.3) is 5.91 Å². The molecule has 3 rings (SSSR count). The van der Waals surface area contributed by atoms with Gasteiger partial charge < -0.3 is 10.1 Å². The van der Waals surface area contributed by atoms with Gasteiger partial charge in [0.05, 0.1) is 21.7 Å². The molecule has 1 amide bonds. The van der Waals surface area contributed by atoms with Gasteiger partial charge in [0.1, 0.15) is 5.01 Å². The van der Waals surface area contributed by atoms with Crippen molar-refractivity contribution in [3.8, 4) is 0 Å². The van der Waals surface area contributed by atoms with Crippen molar-refractivity contribution >= 4 is 49.3 Å². The SMILES string of the molecule is O=C(COC(=O)/C=C/c1nc2ccccc2s1)N[C@@H]1CCS(=O)(=O)C1. The summed E-state index contributed by atoms with van der Waals surface area (Å²) in [5.74, 6) is -1.16. The zero-order valence-electron chi connectivity index (χ0n) is 13.2. The Morgan fingerprint density at radius 2 is 2.16 bits per heavy atom. The Kier molecular flexibility index (Phi) is 5.14. The first kappa shape index (κ1) is 17.6. The van der Waals surface area contributed by atoms with Gasteiger partial charge in [-0.05, 0) is 24.6 Å². The molecule has 1 saturated heterocycles. The van der Waals surface area contributed by atoms with Gasteiger partial charge in [0.15, 0.2) is 16.4 Å². The van der Waals surface area contributed by atoms with Crippen LogP contribution >= 0.6 is 11.3 Å². The molecule has 0 unspecified atom stereocenters. The van der Waals surface area contributed by atoms with Crippen molar-refractivity contribution in [2.24, 2.45) is 0 Å². The minimum Gasteiger partial charge on any atom is -0.452 e. The summed E-state index contributed by atoms with van der Waals surface area (Å²) >= 11 is 1.44. The third-order valence-electron chi connectivity index (χ3n) is 3.62. The van der Waals surface area contributed by atoms with Gasteiger partial charge in [-0.1, -0.05) is 12.1 Å². The third-order valence-corrected chi connectivity index (χ3v) is 6.39. The molecule has 0 radical (unpaired) electrons. The molecule has 0 bridgehead atoms. The standard InChI is InChI=1S/C16H16N2O5S2/c19-14(17-11-7-8-25(21,22)10-11)9-23-16(20)6-5-15-18-12-3-1-2-4-13(12)24-15/h1-6,11H,7-10H2,(H,17,19)/b6-5+/t11-/m1/s1. The summed E-state index contributed by atoms with van der Waals surface area (Å²) in [4.78, 5) is 27.7. The Hall–Kier alpha value is -2.26. The molecular weight excluding hydrogens is 364 g/mol. The van der Waals surface area contributed by atoms with Crippen molar-refractivity contribution in [2.75, 3.05) is 18.1 Å². The van der Waals surface area contributed by atoms with E-state index < -0.39 is 34.4 Å². The average molecular weight is 380 g/mol. The van der Waals surface area contributed by atoms with E-state index in [9.17, 15) is 18.0 Å². The second kappa shape index (κ2) is 7.32. The summed E-state index contributed by atoms with van der Waals surface area (Å²) < 4.78 is 28.5. The van der Waals surface area contributed by atoms with E-state index in [0.29, 0.717) is 11.4 Å². The lowest BCUT2D eigenvalue weighted by molar-refractivity contribution is -0.143. The number of thiazole rings is 1. The fraction of sp³-hybridized carbons (Fsp3) is 0.312. The number of fused-ring (bicyclic) bond motifs is 1. The predicted molar refractivity (Wildman–Crippen MR) is 94.8 cm³/mol. The maximum atomic E-state index is 11.7. The number of rotatable bonds is 5. The molecule has 132 valence electrons. The molecule has 2 aromatic rings. The zero-order chi connectivity index (χ0) is 17.9. The van der Waals surface area contributed by atoms with Crippen molar-refractivity contribution in [3.63, 3.8) is 0 Å². The lowest BCUT2D eigenvalue weighted by atomic mass is 10.2. The molecule has 25 heavy (non-hydrogen) atoms. The first-order valence-electron chi connectivity index (χ1n) is 7.61. The smallest absolute Gasteiger partial charge is 0.331 e. The number of hydrogen-bond acceptors (Lipinski definition) is 7. The summed E-state index contributed by atoms with van der Waals surface area (Å²) in [5.41, 5.74) is 0.853. The first-order chi connectivity index (χ1) is 11.9. The van der Waals surface area contributed by atoms with E-state index in [4.69, 9.17) is 4.74 Å². The van der Waals surface area contributed by atoms with Gasteiger partial charge in [-0.15, -0.1) is 11.3 Å². The lowest BCUT2D eigenvalue weighted by Gasteiger charge is -2.10. The van der Waals surface area contributed by atoms with Crippen molar-refractivity contribution in [3.05, 3.63) is 35.3 Å². The van der Waals surface area contributed by atoms with Crippen LogP contribution in [-0.2, 0) is 24.2 Å². The number of hydrogen-bond donors (Lipinski definition) is 1. The van der Waals surface area contributed by atoms with Crippen LogP contribution in [0.25, 0.3) is 16.3 Å². The molecule has 2 heterocycles. The van der Waals surface area contributed by atoms with Crippen molar-refractivity contribution < 1.29 is 22.7 Å². The summed E-state index contributed by atoms with van der Waals surface area (Å²) in [7, 11) is -3.06. The Labute approximate surface area is 148 Å². The maximum absolute atomic E-state index is 11.7. The number of sulfone groups is 1. The van der Waals surface area contributed by atoms with E-state index in [1.165, 1.54) is 23.5 Å². The van der Waals surface area contributed by atoms with Gasteiger partial charge in [-0.25, -0.2) is 18.2 Å². The molecule has 9 heteroatoms. The molecule has 1 fully saturated rings. The number of aromatic nitrogens is 1. The molecular formula is C16H16N2O5S2. The summed E-state index contributed by atoms with van der Waals surface area (Å²) in [5, 5.41) is 3.22. The molecule has 1 aliphatic rings. The quantitative estimate of drug-likeness (QED) is 0.617. The van der Waals surface area contributed by atoms with E-state index in [0.717, 1.165) is 10.2 Å². The number of carbonyl (C=O) groups is 2. The number of benzene rings is 1. The van der Waals surface area contributed by atoms with E-state index in [2.05, 4.69) is 10.3 Å². The summed E-state index contributed by atoms with van der Waals surface area (Å²) in [6.07, 6.45) is 3.14. The van der Waals surface area contributed by atoms with E-state index >= 15 is 0 Å². The average Bonchev–Trinajstić information content (AvgIpc) is 3.13. The van der Waals surface area contributed by atoms with Crippen LogP contribution in [0.2, 0.25) is 0 Å². The van der Waals surface area contributed by atoms with E-state index in [-0.39, 0.29) is 11.5 Å². The molecule has 0 aliphatic carbocycles. The van der Waals surface area contributed by atoms with Crippen LogP contribution in [0.4, 0.5) is 0 Å². The van der Waals surface area contributed by atoms with Crippen LogP contribution in [0.5, 0.6) is 0 Å². The maximum Gasteiger partial charge on any atom is 0.331 e. The summed E-state index contributed by atoms with van der Waals surface area (Å²) in [6, 6.07) is 7.22. The van der Waals surface area contributed by atoms with Crippen LogP contribution in [0.15, 0.2) is 30.3 Å². The van der Waals surface area contributed by atoms with Crippen LogP contribution in [0, 0.1) is 0 Å². The fourth-order valence-electron chi connectivity index (χ4n) is 2.46. The Balaban J connectivity index is 1.46. The molecule has 7 nitrogen and oxygen atoms in total. The third kappa shape index (κ3) is 4.86. The largest absolute Gasteiger partial charge is 0.452 e. The topological polar surface area (TPSA) is 102 Å². The minimum absolute atomic E-state index is 0.0653. The van der Waals surface area contributed by atoms with Gasteiger partial charge in [0, 0.05) is 12.1 Å². The zero-order valence-corrected chi connectivity index (χ0v) is 14.8. The molecule has 1 N–H and O–H groups in total. The molecule has 1 atom stereocenters. The molecule has 1 aromatic heterocycles. The highest BCUT2D eigenvalue weighted by molar-refractivity contribution is 7.91. The molecule has 1 aromatic carbocycles. The van der Waals surface area contributed by atoms with Crippen LogP contribution < -0.4 is 5.32 Å². The number of amides is 1. The number of nitrogens with one attached hydrogen (secondary N) is 1. The van der Waals surface area contributed by atoms with Crippen LogP contribution in [0.1, 0.15) is 11.4 Å². The number of ether oxygens (including phenoxy) is 1. The van der Waals surface area contributed by atoms with Crippen LogP contribution in [-0.4, -0.2) is 49.4 Å². The Bertz CT molecular complexity index is 900. The number of nitrogens with zero attached hydrogens (tertiary/aromatic N) is 1. The van der Waals surface area contributed by atoms with Crippen LogP contribution in [0.3, 0.4) is 0 Å². The minimum atomic E-state index is -3.06. The first-order valence-corrected chi connectivity index (χ1v) is 10.3. The second-order valence-corrected chi connectivity index (χ2v) is 8.92. The van der Waals surface area contributed by atoms with Gasteiger partial charge >= 0.3 is 5.97 Å². The van der Waals surface area contributed by atoms with Gasteiger partial charge in [-0.3, -0.25) is 4.79 Å². The monoisotopic (exact) mass is 380 g/mol. The van der Waals surface area contributed by atoms with Crippen molar-refractivity contribution in [1.29, 1.82) is 0 Å². The Morgan fingerprint density at radius 1 is 1.36 bits per heavy atom. The van der Waals surface area contributed by atoms with Gasteiger partial charge in [0.2, 0.25) is 0 Å². The summed E-state index contributed by atoms with van der Waals surface area (Å²) in [6.45, 7) is -0.445. The number of para-hydroxylation sites is 1. The van der Waals surface area contributed by atoms with E-state index in [1.807, 2.05) is 24.3 Å². The number of esters is 1. The normalized spacial score (nSPS) is 19.3. The highest BCUT2D eigenvalue weighted by Crippen LogP contribution is 2.22. The molecule has 0 spiro atoms. The van der Waals surface area contributed by atoms with Gasteiger partial charge in [-0.2, -0.15) is 0 Å². The second-order valence-electron chi connectivity index (χ2n) is 5.63. The highest BCUT2D eigenvalue weighted by Gasteiger charge is 2.28. The number of carbonyl (C=O) groups excluding carboxylic acids is 2. The molecule has 1 aliphatic heterocycles. The van der Waals surface area contributed by atoms with Crippen molar-refractivity contribution in [1.82, 2.24) is 10.3 Å². The highest BCUT2D eigenvalue weighted by atomic mass is 32.2. The lowest BCUT2D eigenvalue weighted by Crippen LogP contribution is -2.38. The predicted octanol–water partition coefficient (Wildman–Crippen LogP) is 1.16. The fourth-order valence-corrected chi connectivity index (χ4v) is 5.01. The Morgan fingerprint density at radius 3 is 2.88 bits per heavy atom. The van der Waals surface area contributed by atoms with Crippen molar-refractivity contribution in [2.45, 2.75) is 12.5 Å². The molecule has 0 saturated carbocycles. The van der Waals surface area contributed by atoms with E-state index in [1.54, 1.807) is 0 Å².